The van der Waals surface area contributed by atoms with Gasteiger partial charge < -0.3 is 9.84 Å². The molecule has 0 bridgehead atoms. The first-order valence-corrected chi connectivity index (χ1v) is 5.79. The highest BCUT2D eigenvalue weighted by Gasteiger charge is 2.08. The summed E-state index contributed by atoms with van der Waals surface area (Å²) in [7, 11) is 0. The molecule has 4 nitrogen and oxygen atoms in total. The van der Waals surface area contributed by atoms with E-state index in [1.54, 1.807) is 0 Å². The van der Waals surface area contributed by atoms with Gasteiger partial charge in [-0.2, -0.15) is 4.98 Å². The van der Waals surface area contributed by atoms with Crippen molar-refractivity contribution < 1.29 is 4.52 Å². The molecule has 0 amide bonds. The molecule has 1 N–H and O–H groups in total. The van der Waals surface area contributed by atoms with Gasteiger partial charge in [-0.3, -0.25) is 0 Å². The van der Waals surface area contributed by atoms with Gasteiger partial charge >= 0.3 is 6.01 Å². The summed E-state index contributed by atoms with van der Waals surface area (Å²) in [4.78, 5) is 4.30. The topological polar surface area (TPSA) is 51.0 Å². The minimum Gasteiger partial charge on any atom is -0.336 e. The van der Waals surface area contributed by atoms with Gasteiger partial charge in [0, 0.05) is 12.5 Å². The zero-order chi connectivity index (χ0) is 12.3. The van der Waals surface area contributed by atoms with Crippen molar-refractivity contribution in [2.75, 3.05) is 5.32 Å². The molecule has 0 saturated heterocycles. The lowest BCUT2D eigenvalue weighted by molar-refractivity contribution is 0.421. The average Bonchev–Trinajstić information content (AvgIpc) is 2.68. The number of nitrogens with zero attached hydrogens (tertiary/aromatic N) is 2. The largest absolute Gasteiger partial charge is 0.336 e. The monoisotopic (exact) mass is 231 g/mol. The number of benzene rings is 1. The number of aromatic nitrogens is 2. The predicted molar refractivity (Wildman–Crippen MR) is 67.0 cm³/mol. The van der Waals surface area contributed by atoms with Crippen LogP contribution in [-0.2, 0) is 6.42 Å². The lowest BCUT2D eigenvalue weighted by Crippen LogP contribution is -2.09. The molecule has 90 valence electrons. The SMILES string of the molecule is Cc1ccccc1Cc1noc(NC(C)C)n1. The van der Waals surface area contributed by atoms with Crippen molar-refractivity contribution in [2.24, 2.45) is 0 Å². The first-order valence-electron chi connectivity index (χ1n) is 5.79. The Kier molecular flexibility index (Phi) is 3.42. The zero-order valence-corrected chi connectivity index (χ0v) is 10.4. The number of rotatable bonds is 4. The van der Waals surface area contributed by atoms with Crippen molar-refractivity contribution in [2.45, 2.75) is 33.2 Å². The van der Waals surface area contributed by atoms with Crippen LogP contribution in [0.4, 0.5) is 6.01 Å². The summed E-state index contributed by atoms with van der Waals surface area (Å²) < 4.78 is 5.12. The number of hydrogen-bond donors (Lipinski definition) is 1. The van der Waals surface area contributed by atoms with Gasteiger partial charge in [0.15, 0.2) is 5.82 Å². The Balaban J connectivity index is 2.09. The summed E-state index contributed by atoms with van der Waals surface area (Å²) >= 11 is 0. The lowest BCUT2D eigenvalue weighted by Gasteiger charge is -2.02. The van der Waals surface area contributed by atoms with Crippen molar-refractivity contribution in [3.8, 4) is 0 Å². The molecule has 0 atom stereocenters. The fraction of sp³-hybridized carbons (Fsp3) is 0.385. The highest BCUT2D eigenvalue weighted by Crippen LogP contribution is 2.13. The van der Waals surface area contributed by atoms with Crippen LogP contribution in [0.1, 0.15) is 30.8 Å². The number of hydrogen-bond acceptors (Lipinski definition) is 4. The van der Waals surface area contributed by atoms with Gasteiger partial charge in [-0.25, -0.2) is 0 Å². The fourth-order valence-corrected chi connectivity index (χ4v) is 1.61. The summed E-state index contributed by atoms with van der Waals surface area (Å²) in [5, 5.41) is 7.04. The molecular weight excluding hydrogens is 214 g/mol. The molecule has 17 heavy (non-hydrogen) atoms. The molecule has 0 fully saturated rings. The Morgan fingerprint density at radius 2 is 2.06 bits per heavy atom. The maximum atomic E-state index is 5.12. The van der Waals surface area contributed by atoms with Crippen molar-refractivity contribution in [3.05, 3.63) is 41.2 Å². The van der Waals surface area contributed by atoms with Gasteiger partial charge in [0.05, 0.1) is 0 Å². The molecule has 1 heterocycles. The van der Waals surface area contributed by atoms with Crippen LogP contribution in [0.5, 0.6) is 0 Å². The Bertz CT molecular complexity index is 491. The minimum atomic E-state index is 0.293. The lowest BCUT2D eigenvalue weighted by atomic mass is 10.1. The van der Waals surface area contributed by atoms with Crippen molar-refractivity contribution in [3.63, 3.8) is 0 Å². The Labute approximate surface area is 101 Å². The molecule has 0 unspecified atom stereocenters. The summed E-state index contributed by atoms with van der Waals surface area (Å²) in [5.41, 5.74) is 2.47. The van der Waals surface area contributed by atoms with E-state index in [1.807, 2.05) is 26.0 Å². The molecule has 1 aromatic heterocycles. The van der Waals surface area contributed by atoms with E-state index in [9.17, 15) is 0 Å². The Morgan fingerprint density at radius 1 is 1.29 bits per heavy atom. The fourth-order valence-electron chi connectivity index (χ4n) is 1.61. The predicted octanol–water partition coefficient (Wildman–Crippen LogP) is 2.79. The van der Waals surface area contributed by atoms with Crippen LogP contribution in [0.2, 0.25) is 0 Å². The van der Waals surface area contributed by atoms with E-state index in [-0.39, 0.29) is 0 Å². The molecule has 0 aliphatic carbocycles. The van der Waals surface area contributed by atoms with Gasteiger partial charge in [-0.1, -0.05) is 29.4 Å². The molecular formula is C13H17N3O. The van der Waals surface area contributed by atoms with Gasteiger partial charge in [-0.05, 0) is 31.9 Å². The first kappa shape index (κ1) is 11.6. The van der Waals surface area contributed by atoms with Crippen LogP contribution >= 0.6 is 0 Å². The summed E-state index contributed by atoms with van der Waals surface area (Å²) in [6.45, 7) is 6.15. The van der Waals surface area contributed by atoms with E-state index in [4.69, 9.17) is 4.52 Å². The minimum absolute atomic E-state index is 0.293. The Hall–Kier alpha value is -1.84. The van der Waals surface area contributed by atoms with Crippen LogP contribution in [0, 0.1) is 6.92 Å². The third kappa shape index (κ3) is 3.06. The normalized spacial score (nSPS) is 10.8. The molecule has 0 aliphatic rings. The second-order valence-electron chi connectivity index (χ2n) is 4.42. The van der Waals surface area contributed by atoms with E-state index >= 15 is 0 Å². The molecule has 1 aromatic carbocycles. The van der Waals surface area contributed by atoms with E-state index in [0.717, 1.165) is 0 Å². The van der Waals surface area contributed by atoms with Crippen molar-refractivity contribution in [1.82, 2.24) is 10.1 Å². The van der Waals surface area contributed by atoms with Gasteiger partial charge in [0.25, 0.3) is 0 Å². The van der Waals surface area contributed by atoms with Crippen LogP contribution < -0.4 is 5.32 Å². The van der Waals surface area contributed by atoms with Crippen LogP contribution in [0.15, 0.2) is 28.8 Å². The number of nitrogens with one attached hydrogen (secondary N) is 1. The highest BCUT2D eigenvalue weighted by molar-refractivity contribution is 5.29. The van der Waals surface area contributed by atoms with Gasteiger partial charge in [0.1, 0.15) is 0 Å². The summed E-state index contributed by atoms with van der Waals surface area (Å²) in [6.07, 6.45) is 0.704. The van der Waals surface area contributed by atoms with Gasteiger partial charge in [-0.15, -0.1) is 0 Å². The van der Waals surface area contributed by atoms with E-state index in [1.165, 1.54) is 11.1 Å². The molecule has 0 saturated carbocycles. The van der Waals surface area contributed by atoms with Crippen LogP contribution in [0.25, 0.3) is 0 Å². The molecule has 2 rings (SSSR count). The summed E-state index contributed by atoms with van der Waals surface area (Å²) in [5.74, 6) is 0.711. The quantitative estimate of drug-likeness (QED) is 0.879. The van der Waals surface area contributed by atoms with Crippen molar-refractivity contribution in [1.29, 1.82) is 0 Å². The molecule has 0 aliphatic heterocycles. The van der Waals surface area contributed by atoms with Gasteiger partial charge in [0.2, 0.25) is 0 Å². The Morgan fingerprint density at radius 3 is 2.76 bits per heavy atom. The maximum Gasteiger partial charge on any atom is 0.321 e. The molecule has 0 radical (unpaired) electrons. The van der Waals surface area contributed by atoms with Crippen molar-refractivity contribution >= 4 is 6.01 Å². The number of anilines is 1. The molecule has 0 spiro atoms. The van der Waals surface area contributed by atoms with Crippen LogP contribution in [0.3, 0.4) is 0 Å². The zero-order valence-electron chi connectivity index (χ0n) is 10.4. The number of aryl methyl sites for hydroxylation is 1. The van der Waals surface area contributed by atoms with Crippen LogP contribution in [-0.4, -0.2) is 16.2 Å². The van der Waals surface area contributed by atoms with E-state index < -0.39 is 0 Å². The molecule has 2 aromatic rings. The second-order valence-corrected chi connectivity index (χ2v) is 4.42. The van der Waals surface area contributed by atoms with E-state index in [0.29, 0.717) is 24.3 Å². The maximum absolute atomic E-state index is 5.12. The molecule has 4 heteroatoms. The average molecular weight is 231 g/mol. The standard InChI is InChI=1S/C13H17N3O/c1-9(2)14-13-15-12(16-17-13)8-11-7-5-4-6-10(11)3/h4-7,9H,8H2,1-3H3,(H,14,15,16). The second kappa shape index (κ2) is 4.99. The third-order valence-electron chi connectivity index (χ3n) is 2.49. The third-order valence-corrected chi connectivity index (χ3v) is 2.49. The highest BCUT2D eigenvalue weighted by atomic mass is 16.5. The first-order chi connectivity index (χ1) is 8.15. The van der Waals surface area contributed by atoms with E-state index in [2.05, 4.69) is 34.5 Å². The summed E-state index contributed by atoms with van der Waals surface area (Å²) in [6, 6.07) is 9.01. The smallest absolute Gasteiger partial charge is 0.321 e.